The van der Waals surface area contributed by atoms with Crippen LogP contribution in [0.25, 0.3) is 0 Å². The molecule has 1 saturated heterocycles. The number of hydrogen-bond acceptors (Lipinski definition) is 10. The zero-order valence-corrected chi connectivity index (χ0v) is 64.3. The maximum atomic E-state index is 13.1. The highest BCUT2D eigenvalue weighted by molar-refractivity contribution is 5.76. The molecule has 0 saturated carbocycles. The Morgan fingerprint density at radius 3 is 0.990 bits per heavy atom. The molecule has 0 aromatic carbocycles. The molecule has 0 spiro atoms. The van der Waals surface area contributed by atoms with Crippen LogP contribution < -0.4 is 5.32 Å². The van der Waals surface area contributed by atoms with Crippen LogP contribution in [0.3, 0.4) is 0 Å². The summed E-state index contributed by atoms with van der Waals surface area (Å²) in [6, 6.07) is -0.805. The van der Waals surface area contributed by atoms with E-state index in [-0.39, 0.29) is 18.5 Å². The Morgan fingerprint density at radius 1 is 0.371 bits per heavy atom. The largest absolute Gasteiger partial charge is 0.466 e. The lowest BCUT2D eigenvalue weighted by Gasteiger charge is -2.40. The van der Waals surface area contributed by atoms with Gasteiger partial charge in [-0.2, -0.15) is 0 Å². The van der Waals surface area contributed by atoms with Crippen LogP contribution >= 0.6 is 0 Å². The summed E-state index contributed by atoms with van der Waals surface area (Å²) < 4.78 is 16.8. The van der Waals surface area contributed by atoms with Gasteiger partial charge in [0, 0.05) is 12.8 Å². The summed E-state index contributed by atoms with van der Waals surface area (Å²) in [5, 5.41) is 54.6. The van der Waals surface area contributed by atoms with Gasteiger partial charge in [0.05, 0.1) is 32.0 Å². The Labute approximate surface area is 601 Å². The van der Waals surface area contributed by atoms with Crippen LogP contribution in [0.2, 0.25) is 0 Å². The number of allylic oxidation sites excluding steroid dienone is 3. The molecule has 0 aromatic rings. The fraction of sp³-hybridized carbons (Fsp3) is 0.930. The molecule has 0 aromatic heterocycles. The third kappa shape index (κ3) is 63.6. The second-order valence-corrected chi connectivity index (χ2v) is 30.2. The van der Waals surface area contributed by atoms with E-state index in [4.69, 9.17) is 14.2 Å². The second-order valence-electron chi connectivity index (χ2n) is 30.2. The molecule has 97 heavy (non-hydrogen) atoms. The van der Waals surface area contributed by atoms with Crippen molar-refractivity contribution >= 4 is 11.9 Å². The highest BCUT2D eigenvalue weighted by Crippen LogP contribution is 2.24. The summed E-state index contributed by atoms with van der Waals surface area (Å²) in [6.07, 6.45) is 88.1. The Bertz CT molecular complexity index is 1660. The average molecular weight is 1370 g/mol. The number of nitrogens with one attached hydrogen (secondary N) is 1. The molecule has 1 rings (SSSR count). The van der Waals surface area contributed by atoms with Gasteiger partial charge >= 0.3 is 5.97 Å². The van der Waals surface area contributed by atoms with E-state index in [2.05, 4.69) is 31.3 Å². The first-order valence-corrected chi connectivity index (χ1v) is 43.1. The number of carbonyl (C=O) groups is 2. The first-order chi connectivity index (χ1) is 47.7. The van der Waals surface area contributed by atoms with Crippen molar-refractivity contribution in [2.24, 2.45) is 0 Å². The maximum absolute atomic E-state index is 13.1. The lowest BCUT2D eigenvalue weighted by Crippen LogP contribution is -2.60. The number of ether oxygens (including phenoxy) is 3. The van der Waals surface area contributed by atoms with Gasteiger partial charge < -0.3 is 45.1 Å². The van der Waals surface area contributed by atoms with Crippen LogP contribution in [-0.4, -0.2) is 100 Å². The number of unbranched alkanes of at least 4 members (excludes halogenated alkanes) is 62. The fourth-order valence-corrected chi connectivity index (χ4v) is 14.1. The topological polar surface area (TPSA) is 175 Å². The van der Waals surface area contributed by atoms with E-state index in [1.807, 2.05) is 6.08 Å². The van der Waals surface area contributed by atoms with Crippen molar-refractivity contribution in [2.75, 3.05) is 19.8 Å². The van der Waals surface area contributed by atoms with Crippen molar-refractivity contribution in [1.29, 1.82) is 0 Å². The minimum atomic E-state index is -1.57. The van der Waals surface area contributed by atoms with Crippen molar-refractivity contribution in [3.05, 3.63) is 24.3 Å². The van der Waals surface area contributed by atoms with Gasteiger partial charge in [0.15, 0.2) is 6.29 Å². The number of aliphatic hydroxyl groups excluding tert-OH is 5. The number of hydrogen-bond donors (Lipinski definition) is 6. The molecule has 7 atom stereocenters. The van der Waals surface area contributed by atoms with Crippen LogP contribution in [0.4, 0.5) is 0 Å². The smallest absolute Gasteiger partial charge is 0.305 e. The Balaban J connectivity index is 1.85. The fourth-order valence-electron chi connectivity index (χ4n) is 14.1. The van der Waals surface area contributed by atoms with Crippen molar-refractivity contribution in [2.45, 2.75) is 493 Å². The molecule has 11 nitrogen and oxygen atoms in total. The number of esters is 1. The van der Waals surface area contributed by atoms with Gasteiger partial charge in [-0.3, -0.25) is 9.59 Å². The van der Waals surface area contributed by atoms with E-state index >= 15 is 0 Å². The molecular weight excluding hydrogens is 1210 g/mol. The number of rotatable bonds is 78. The Kier molecular flexibility index (Phi) is 72.3. The van der Waals surface area contributed by atoms with E-state index in [1.165, 1.54) is 366 Å². The Morgan fingerprint density at radius 2 is 0.660 bits per heavy atom. The molecule has 0 aliphatic carbocycles. The van der Waals surface area contributed by atoms with E-state index in [0.29, 0.717) is 19.4 Å². The SMILES string of the molecule is CCCCCCCC/C=C\CCCCCCCCCC(=O)OCCCCCCCCCCCCCCCCCCCCCCCCCCCCCCCCCCCCCCCCCC(=O)NC(COC1OC(CO)C(O)C(O)C1O)C(O)/C=C/CCCCCCCCCCCCC. The molecule has 1 aliphatic heterocycles. The van der Waals surface area contributed by atoms with Crippen LogP contribution in [0, 0.1) is 0 Å². The molecule has 11 heteroatoms. The normalized spacial score (nSPS) is 17.3. The minimum absolute atomic E-state index is 0.0161. The van der Waals surface area contributed by atoms with Gasteiger partial charge in [0.2, 0.25) is 5.91 Å². The van der Waals surface area contributed by atoms with Crippen LogP contribution in [0.15, 0.2) is 24.3 Å². The first-order valence-electron chi connectivity index (χ1n) is 43.1. The molecule has 1 amide bonds. The monoisotopic (exact) mass is 1370 g/mol. The molecule has 0 bridgehead atoms. The predicted octanol–water partition coefficient (Wildman–Crippen LogP) is 23.9. The standard InChI is InChI=1S/C86H165NO10/c1-3-5-7-9-11-13-15-17-18-42-46-50-54-58-62-66-70-74-82(91)95-75-71-67-63-59-55-51-47-44-41-39-37-35-33-31-29-27-25-23-21-19-20-22-24-26-28-30-32-34-36-38-40-43-45-49-53-57-61-65-69-73-81(90)87-78(77-96-86-85(94)84(93)83(92)80(76-88)97-86)79(89)72-68-64-60-56-52-48-16-14-12-10-8-6-4-2/h17-18,68,72,78-80,83-86,88-89,92-94H,3-16,19-67,69-71,73-77H2,1-2H3,(H,87,90)/b18-17-,72-68+. The van der Waals surface area contributed by atoms with Gasteiger partial charge in [-0.15, -0.1) is 0 Å². The third-order valence-electron chi connectivity index (χ3n) is 20.8. The van der Waals surface area contributed by atoms with E-state index in [9.17, 15) is 35.1 Å². The molecule has 1 aliphatic rings. The zero-order valence-electron chi connectivity index (χ0n) is 64.3. The van der Waals surface area contributed by atoms with E-state index in [0.717, 1.165) is 57.8 Å². The summed E-state index contributed by atoms with van der Waals surface area (Å²) in [6.45, 7) is 4.40. The van der Waals surface area contributed by atoms with Crippen LogP contribution in [0.5, 0.6) is 0 Å². The van der Waals surface area contributed by atoms with E-state index < -0.39 is 49.5 Å². The number of aliphatic hydroxyl groups is 5. The molecule has 0 radical (unpaired) electrons. The Hall–Kier alpha value is -1.86. The second kappa shape index (κ2) is 75.3. The lowest BCUT2D eigenvalue weighted by atomic mass is 9.99. The van der Waals surface area contributed by atoms with Gasteiger partial charge in [0.25, 0.3) is 0 Å². The highest BCUT2D eigenvalue weighted by atomic mass is 16.7. The summed E-state index contributed by atoms with van der Waals surface area (Å²) in [4.78, 5) is 25.2. The van der Waals surface area contributed by atoms with E-state index in [1.54, 1.807) is 6.08 Å². The summed E-state index contributed by atoms with van der Waals surface area (Å²) in [5.41, 5.74) is 0. The van der Waals surface area contributed by atoms with Crippen molar-refractivity contribution in [3.63, 3.8) is 0 Å². The van der Waals surface area contributed by atoms with Gasteiger partial charge in [0.1, 0.15) is 24.4 Å². The van der Waals surface area contributed by atoms with Crippen LogP contribution in [0.1, 0.15) is 450 Å². The number of amides is 1. The average Bonchev–Trinajstić information content (AvgIpc) is 0.877. The van der Waals surface area contributed by atoms with Crippen molar-refractivity contribution in [1.82, 2.24) is 5.32 Å². The first kappa shape index (κ1) is 93.2. The van der Waals surface area contributed by atoms with Crippen molar-refractivity contribution < 1.29 is 49.3 Å². The zero-order chi connectivity index (χ0) is 70.1. The molecule has 6 N–H and O–H groups in total. The molecule has 1 heterocycles. The summed E-state index contributed by atoms with van der Waals surface area (Å²) in [5.74, 6) is -0.156. The highest BCUT2D eigenvalue weighted by Gasteiger charge is 2.44. The van der Waals surface area contributed by atoms with Crippen LogP contribution in [-0.2, 0) is 23.8 Å². The predicted molar refractivity (Wildman–Crippen MR) is 412 cm³/mol. The summed E-state index contributed by atoms with van der Waals surface area (Å²) in [7, 11) is 0. The third-order valence-corrected chi connectivity index (χ3v) is 20.8. The van der Waals surface area contributed by atoms with Crippen molar-refractivity contribution in [3.8, 4) is 0 Å². The number of carbonyl (C=O) groups excluding carboxylic acids is 2. The maximum Gasteiger partial charge on any atom is 0.305 e. The molecular formula is C86H165NO10. The lowest BCUT2D eigenvalue weighted by molar-refractivity contribution is -0.302. The summed E-state index contributed by atoms with van der Waals surface area (Å²) >= 11 is 0. The minimum Gasteiger partial charge on any atom is -0.466 e. The van der Waals surface area contributed by atoms with Gasteiger partial charge in [-0.25, -0.2) is 0 Å². The quantitative estimate of drug-likeness (QED) is 0.0195. The molecule has 1 fully saturated rings. The van der Waals surface area contributed by atoms with Gasteiger partial charge in [-0.05, 0) is 57.8 Å². The molecule has 574 valence electrons. The molecule has 7 unspecified atom stereocenters. The van der Waals surface area contributed by atoms with Gasteiger partial charge in [-0.1, -0.05) is 404 Å².